The van der Waals surface area contributed by atoms with E-state index in [1.54, 1.807) is 29.2 Å². The van der Waals surface area contributed by atoms with E-state index in [4.69, 9.17) is 0 Å². The fourth-order valence-electron chi connectivity index (χ4n) is 2.46. The van der Waals surface area contributed by atoms with E-state index in [1.807, 2.05) is 6.07 Å². The number of amides is 1. The molecule has 1 aliphatic heterocycles. The molecule has 1 saturated heterocycles. The van der Waals surface area contributed by atoms with Crippen LogP contribution >= 0.6 is 0 Å². The number of hydrogen-bond acceptors (Lipinski definition) is 3. The van der Waals surface area contributed by atoms with Crippen LogP contribution in [0.2, 0.25) is 0 Å². The summed E-state index contributed by atoms with van der Waals surface area (Å²) in [5, 5.41) is 0. The number of carbonyl (C=O) groups excluding carboxylic acids is 1. The van der Waals surface area contributed by atoms with Crippen LogP contribution < -0.4 is 4.72 Å². The Morgan fingerprint density at radius 2 is 1.73 bits per heavy atom. The van der Waals surface area contributed by atoms with Gasteiger partial charge in [-0.25, -0.2) is 0 Å². The van der Waals surface area contributed by atoms with Crippen LogP contribution in [0.15, 0.2) is 30.3 Å². The van der Waals surface area contributed by atoms with E-state index in [1.165, 1.54) is 14.1 Å². The van der Waals surface area contributed by atoms with Gasteiger partial charge in [-0.05, 0) is 24.8 Å². The third-order valence-electron chi connectivity index (χ3n) is 3.80. The summed E-state index contributed by atoms with van der Waals surface area (Å²) in [6, 6.07) is 8.10. The van der Waals surface area contributed by atoms with Crippen LogP contribution in [0.5, 0.6) is 0 Å². The number of rotatable bonds is 5. The van der Waals surface area contributed by atoms with Crippen LogP contribution in [0.3, 0.4) is 0 Å². The van der Waals surface area contributed by atoms with E-state index in [0.29, 0.717) is 18.7 Å². The zero-order valence-electron chi connectivity index (χ0n) is 13.0. The average molecular weight is 325 g/mol. The fourth-order valence-corrected chi connectivity index (χ4v) is 3.20. The molecule has 0 bridgehead atoms. The molecule has 0 spiro atoms. The topological polar surface area (TPSA) is 69.7 Å². The second-order valence-corrected chi connectivity index (χ2v) is 7.55. The Labute approximate surface area is 132 Å². The van der Waals surface area contributed by atoms with Crippen molar-refractivity contribution in [2.75, 3.05) is 27.2 Å². The van der Waals surface area contributed by atoms with Crippen molar-refractivity contribution in [3.63, 3.8) is 0 Å². The highest BCUT2D eigenvalue weighted by molar-refractivity contribution is 7.87. The first-order valence-electron chi connectivity index (χ1n) is 7.45. The molecule has 1 N–H and O–H groups in total. The predicted octanol–water partition coefficient (Wildman–Crippen LogP) is 1.14. The largest absolute Gasteiger partial charge is 0.341 e. The molecular formula is C15H23N3O3S. The average Bonchev–Trinajstić information content (AvgIpc) is 2.53. The van der Waals surface area contributed by atoms with E-state index >= 15 is 0 Å². The number of hydrogen-bond donors (Lipinski definition) is 1. The van der Waals surface area contributed by atoms with Crippen LogP contribution in [0.1, 0.15) is 30.9 Å². The van der Waals surface area contributed by atoms with Crippen molar-refractivity contribution in [3.05, 3.63) is 35.9 Å². The van der Waals surface area contributed by atoms with Gasteiger partial charge in [-0.2, -0.15) is 17.4 Å². The lowest BCUT2D eigenvalue weighted by Crippen LogP contribution is -2.47. The van der Waals surface area contributed by atoms with E-state index in [2.05, 4.69) is 4.72 Å². The molecule has 0 saturated carbocycles. The van der Waals surface area contributed by atoms with Gasteiger partial charge in [0.25, 0.3) is 10.2 Å². The van der Waals surface area contributed by atoms with Crippen molar-refractivity contribution in [3.8, 4) is 0 Å². The summed E-state index contributed by atoms with van der Waals surface area (Å²) in [7, 11) is -0.813. The SMILES string of the molecule is CN(C)S(=O)(=O)N[C@@H](C(=O)N1CCCCC1)c1ccccc1. The third kappa shape index (κ3) is 4.06. The van der Waals surface area contributed by atoms with Crippen LogP contribution in [0, 0.1) is 0 Å². The molecule has 1 heterocycles. The molecule has 1 aromatic rings. The van der Waals surface area contributed by atoms with Gasteiger partial charge in [0.05, 0.1) is 0 Å². The lowest BCUT2D eigenvalue weighted by atomic mass is 10.0. The van der Waals surface area contributed by atoms with Gasteiger partial charge < -0.3 is 4.90 Å². The summed E-state index contributed by atoms with van der Waals surface area (Å²) in [4.78, 5) is 14.5. The van der Waals surface area contributed by atoms with Crippen LogP contribution in [0.4, 0.5) is 0 Å². The number of likely N-dealkylation sites (tertiary alicyclic amines) is 1. The molecular weight excluding hydrogens is 302 g/mol. The van der Waals surface area contributed by atoms with Crippen LogP contribution in [0.25, 0.3) is 0 Å². The first-order valence-corrected chi connectivity index (χ1v) is 8.89. The first kappa shape index (κ1) is 16.9. The first-order chi connectivity index (χ1) is 10.4. The maximum Gasteiger partial charge on any atom is 0.279 e. The van der Waals surface area contributed by atoms with Gasteiger partial charge in [0, 0.05) is 27.2 Å². The van der Waals surface area contributed by atoms with Gasteiger partial charge in [-0.1, -0.05) is 30.3 Å². The summed E-state index contributed by atoms with van der Waals surface area (Å²) >= 11 is 0. The van der Waals surface area contributed by atoms with Gasteiger partial charge in [-0.3, -0.25) is 4.79 Å². The number of carbonyl (C=O) groups is 1. The molecule has 22 heavy (non-hydrogen) atoms. The molecule has 0 unspecified atom stereocenters. The number of nitrogens with zero attached hydrogens (tertiary/aromatic N) is 2. The third-order valence-corrected chi connectivity index (χ3v) is 5.29. The minimum Gasteiger partial charge on any atom is -0.341 e. The molecule has 2 rings (SSSR count). The normalized spacial score (nSPS) is 17.5. The van der Waals surface area contributed by atoms with Crippen molar-refractivity contribution in [1.29, 1.82) is 0 Å². The highest BCUT2D eigenvalue weighted by Gasteiger charge is 2.31. The molecule has 1 aromatic carbocycles. The maximum atomic E-state index is 12.8. The van der Waals surface area contributed by atoms with Gasteiger partial charge in [0.15, 0.2) is 0 Å². The molecule has 122 valence electrons. The van der Waals surface area contributed by atoms with Crippen molar-refractivity contribution < 1.29 is 13.2 Å². The maximum absolute atomic E-state index is 12.8. The standard InChI is InChI=1S/C15H23N3O3S/c1-17(2)22(20,21)16-14(13-9-5-3-6-10-13)15(19)18-11-7-4-8-12-18/h3,5-6,9-10,14,16H,4,7-8,11-12H2,1-2H3/t14-/m1/s1. The van der Waals surface area contributed by atoms with E-state index < -0.39 is 16.3 Å². The van der Waals surface area contributed by atoms with Crippen LogP contribution in [-0.2, 0) is 15.0 Å². The lowest BCUT2D eigenvalue weighted by molar-refractivity contribution is -0.134. The number of nitrogens with one attached hydrogen (secondary N) is 1. The Bertz CT molecular complexity index is 596. The van der Waals surface area contributed by atoms with E-state index in [0.717, 1.165) is 23.6 Å². The van der Waals surface area contributed by atoms with E-state index in [-0.39, 0.29) is 5.91 Å². The highest BCUT2D eigenvalue weighted by atomic mass is 32.2. The Balaban J connectivity index is 2.27. The molecule has 1 atom stereocenters. The Morgan fingerprint density at radius 3 is 2.27 bits per heavy atom. The second kappa shape index (κ2) is 7.21. The molecule has 1 amide bonds. The van der Waals surface area contributed by atoms with Crippen molar-refractivity contribution in [2.24, 2.45) is 0 Å². The van der Waals surface area contributed by atoms with Crippen LogP contribution in [-0.4, -0.2) is 50.7 Å². The summed E-state index contributed by atoms with van der Waals surface area (Å²) < 4.78 is 27.9. The van der Waals surface area contributed by atoms with Gasteiger partial charge in [0.1, 0.15) is 6.04 Å². The second-order valence-electron chi connectivity index (χ2n) is 5.63. The molecule has 0 radical (unpaired) electrons. The quantitative estimate of drug-likeness (QED) is 0.882. The zero-order chi connectivity index (χ0) is 16.2. The molecule has 1 fully saturated rings. The zero-order valence-corrected chi connectivity index (χ0v) is 13.8. The Kier molecular flexibility index (Phi) is 5.55. The van der Waals surface area contributed by atoms with Gasteiger partial charge in [0.2, 0.25) is 5.91 Å². The number of piperidine rings is 1. The Morgan fingerprint density at radius 1 is 1.14 bits per heavy atom. The van der Waals surface area contributed by atoms with Crippen molar-refractivity contribution in [1.82, 2.24) is 13.9 Å². The van der Waals surface area contributed by atoms with Gasteiger partial charge >= 0.3 is 0 Å². The van der Waals surface area contributed by atoms with Gasteiger partial charge in [-0.15, -0.1) is 0 Å². The van der Waals surface area contributed by atoms with Crippen molar-refractivity contribution >= 4 is 16.1 Å². The lowest BCUT2D eigenvalue weighted by Gasteiger charge is -2.31. The number of benzene rings is 1. The summed E-state index contributed by atoms with van der Waals surface area (Å²) in [5.41, 5.74) is 0.656. The molecule has 6 nitrogen and oxygen atoms in total. The molecule has 1 aliphatic rings. The highest BCUT2D eigenvalue weighted by Crippen LogP contribution is 2.20. The Hall–Kier alpha value is -1.44. The summed E-state index contributed by atoms with van der Waals surface area (Å²) in [6.45, 7) is 1.37. The summed E-state index contributed by atoms with van der Waals surface area (Å²) in [5.74, 6) is -0.184. The minimum absolute atomic E-state index is 0.184. The molecule has 7 heteroatoms. The smallest absolute Gasteiger partial charge is 0.279 e. The molecule has 0 aromatic heterocycles. The van der Waals surface area contributed by atoms with E-state index in [9.17, 15) is 13.2 Å². The summed E-state index contributed by atoms with van der Waals surface area (Å²) in [6.07, 6.45) is 3.05. The predicted molar refractivity (Wildman–Crippen MR) is 85.4 cm³/mol. The van der Waals surface area contributed by atoms with Crippen molar-refractivity contribution in [2.45, 2.75) is 25.3 Å². The monoisotopic (exact) mass is 325 g/mol. The minimum atomic E-state index is -3.69. The molecule has 0 aliphatic carbocycles. The fraction of sp³-hybridized carbons (Fsp3) is 0.533.